The van der Waals surface area contributed by atoms with Crippen LogP contribution in [0.15, 0.2) is 29.2 Å². The van der Waals surface area contributed by atoms with Crippen molar-refractivity contribution in [3.63, 3.8) is 0 Å². The van der Waals surface area contributed by atoms with Crippen LogP contribution in [0.25, 0.3) is 0 Å². The van der Waals surface area contributed by atoms with E-state index in [1.165, 1.54) is 23.3 Å². The van der Waals surface area contributed by atoms with Crippen molar-refractivity contribution < 1.29 is 4.79 Å². The average molecular weight is 234 g/mol. The number of ketones is 1. The van der Waals surface area contributed by atoms with Gasteiger partial charge in [-0.25, -0.2) is 0 Å². The third kappa shape index (κ3) is 3.11. The van der Waals surface area contributed by atoms with Crippen LogP contribution < -0.4 is 0 Å². The minimum atomic E-state index is 0.359. The highest BCUT2D eigenvalue weighted by Crippen LogP contribution is 2.28. The monoisotopic (exact) mass is 234 g/mol. The van der Waals surface area contributed by atoms with Crippen LogP contribution in [0.5, 0.6) is 0 Å². The van der Waals surface area contributed by atoms with Gasteiger partial charge >= 0.3 is 0 Å². The van der Waals surface area contributed by atoms with Crippen LogP contribution in [0.1, 0.15) is 31.2 Å². The first-order valence-electron chi connectivity index (χ1n) is 5.98. The molecular weight excluding hydrogens is 216 g/mol. The number of carbonyl (C=O) groups excluding carboxylic acids is 1. The number of Topliss-reactive ketones (excluding diaryl/α,β-unsaturated/α-hetero) is 1. The lowest BCUT2D eigenvalue weighted by molar-refractivity contribution is -0.120. The van der Waals surface area contributed by atoms with Crippen molar-refractivity contribution >= 4 is 17.5 Å². The number of hydrogen-bond acceptors (Lipinski definition) is 2. The molecule has 2 rings (SSSR count). The summed E-state index contributed by atoms with van der Waals surface area (Å²) in [6, 6.07) is 8.37. The van der Waals surface area contributed by atoms with E-state index in [2.05, 4.69) is 31.2 Å². The fourth-order valence-electron chi connectivity index (χ4n) is 2.23. The molecule has 16 heavy (non-hydrogen) atoms. The van der Waals surface area contributed by atoms with E-state index in [0.29, 0.717) is 17.5 Å². The predicted octanol–water partition coefficient (Wildman–Crippen LogP) is 3.85. The lowest BCUT2D eigenvalue weighted by Crippen LogP contribution is -2.12. The van der Waals surface area contributed by atoms with E-state index in [4.69, 9.17) is 0 Å². The predicted molar refractivity (Wildman–Crippen MR) is 68.9 cm³/mol. The molecular formula is C14H18OS. The van der Waals surface area contributed by atoms with Gasteiger partial charge in [0.05, 0.1) is 5.75 Å². The maximum atomic E-state index is 11.9. The molecule has 0 amide bonds. The van der Waals surface area contributed by atoms with Crippen molar-refractivity contribution in [2.45, 2.75) is 37.5 Å². The minimum absolute atomic E-state index is 0.359. The Morgan fingerprint density at radius 2 is 2.12 bits per heavy atom. The van der Waals surface area contributed by atoms with Gasteiger partial charge in [0, 0.05) is 10.8 Å². The van der Waals surface area contributed by atoms with Gasteiger partial charge in [0.25, 0.3) is 0 Å². The number of carbonyl (C=O) groups is 1. The lowest BCUT2D eigenvalue weighted by atomic mass is 10.0. The molecule has 1 fully saturated rings. The van der Waals surface area contributed by atoms with Gasteiger partial charge in [-0.1, -0.05) is 30.5 Å². The summed E-state index contributed by atoms with van der Waals surface area (Å²) in [6.07, 6.45) is 4.72. The molecule has 0 N–H and O–H groups in total. The molecule has 0 atom stereocenters. The van der Waals surface area contributed by atoms with Gasteiger partial charge in [-0.05, 0) is 31.9 Å². The van der Waals surface area contributed by atoms with Gasteiger partial charge in [-0.2, -0.15) is 0 Å². The van der Waals surface area contributed by atoms with Crippen LogP contribution in [-0.2, 0) is 4.79 Å². The van der Waals surface area contributed by atoms with E-state index in [0.717, 1.165) is 12.8 Å². The molecule has 1 aromatic carbocycles. The molecule has 1 nitrogen and oxygen atoms in total. The van der Waals surface area contributed by atoms with Gasteiger partial charge < -0.3 is 0 Å². The Hall–Kier alpha value is -0.760. The van der Waals surface area contributed by atoms with Crippen molar-refractivity contribution in [1.82, 2.24) is 0 Å². The Balaban J connectivity index is 1.84. The summed E-state index contributed by atoms with van der Waals surface area (Å²) in [5.41, 5.74) is 1.26. The summed E-state index contributed by atoms with van der Waals surface area (Å²) < 4.78 is 0. The average Bonchev–Trinajstić information content (AvgIpc) is 2.79. The van der Waals surface area contributed by atoms with Gasteiger partial charge in [0.1, 0.15) is 5.78 Å². The third-order valence-electron chi connectivity index (χ3n) is 3.18. The summed E-state index contributed by atoms with van der Waals surface area (Å²) in [4.78, 5) is 13.1. The zero-order valence-electron chi connectivity index (χ0n) is 9.74. The second-order valence-electron chi connectivity index (χ2n) is 4.55. The Kier molecular flexibility index (Phi) is 4.05. The minimum Gasteiger partial charge on any atom is -0.298 e. The highest BCUT2D eigenvalue weighted by atomic mass is 32.2. The molecule has 0 unspecified atom stereocenters. The molecule has 1 aromatic rings. The summed E-state index contributed by atoms with van der Waals surface area (Å²) >= 11 is 1.68. The maximum Gasteiger partial charge on any atom is 0.146 e. The first-order valence-corrected chi connectivity index (χ1v) is 6.96. The van der Waals surface area contributed by atoms with E-state index in [9.17, 15) is 4.79 Å². The van der Waals surface area contributed by atoms with Gasteiger partial charge in [0.2, 0.25) is 0 Å². The van der Waals surface area contributed by atoms with Crippen molar-refractivity contribution in [3.8, 4) is 0 Å². The zero-order valence-corrected chi connectivity index (χ0v) is 10.6. The number of hydrogen-bond donors (Lipinski definition) is 0. The van der Waals surface area contributed by atoms with Crippen LogP contribution in [0.2, 0.25) is 0 Å². The normalized spacial score (nSPS) is 16.6. The summed E-state index contributed by atoms with van der Waals surface area (Å²) in [6.45, 7) is 2.09. The standard InChI is InChI=1S/C14H18OS/c1-11-5-4-8-13(9-11)16-10-14(15)12-6-2-3-7-12/h4-5,8-9,12H,2-3,6-7,10H2,1H3. The Bertz CT molecular complexity index is 367. The molecule has 1 aliphatic carbocycles. The molecule has 0 saturated heterocycles. The smallest absolute Gasteiger partial charge is 0.146 e. The summed E-state index contributed by atoms with van der Waals surface area (Å²) in [7, 11) is 0. The van der Waals surface area contributed by atoms with Crippen molar-refractivity contribution in [2.75, 3.05) is 5.75 Å². The second kappa shape index (κ2) is 5.53. The molecule has 0 radical (unpaired) electrons. The summed E-state index contributed by atoms with van der Waals surface area (Å²) in [5.74, 6) is 1.45. The molecule has 0 spiro atoms. The first-order chi connectivity index (χ1) is 7.75. The van der Waals surface area contributed by atoms with Crippen LogP contribution >= 0.6 is 11.8 Å². The van der Waals surface area contributed by atoms with E-state index in [-0.39, 0.29) is 0 Å². The third-order valence-corrected chi connectivity index (χ3v) is 4.20. The molecule has 86 valence electrons. The Morgan fingerprint density at radius 1 is 1.38 bits per heavy atom. The number of thioether (sulfide) groups is 1. The molecule has 2 heteroatoms. The van der Waals surface area contributed by atoms with Crippen LogP contribution in [-0.4, -0.2) is 11.5 Å². The first kappa shape index (κ1) is 11.7. The van der Waals surface area contributed by atoms with E-state index < -0.39 is 0 Å². The molecule has 0 aromatic heterocycles. The lowest BCUT2D eigenvalue weighted by Gasteiger charge is -2.07. The largest absolute Gasteiger partial charge is 0.298 e. The zero-order chi connectivity index (χ0) is 11.4. The second-order valence-corrected chi connectivity index (χ2v) is 5.60. The van der Waals surface area contributed by atoms with Crippen LogP contribution in [0.4, 0.5) is 0 Å². The fraction of sp³-hybridized carbons (Fsp3) is 0.500. The molecule has 0 bridgehead atoms. The van der Waals surface area contributed by atoms with E-state index in [1.807, 2.05) is 0 Å². The van der Waals surface area contributed by atoms with E-state index >= 15 is 0 Å². The molecule has 1 saturated carbocycles. The number of rotatable bonds is 4. The van der Waals surface area contributed by atoms with Crippen LogP contribution in [0.3, 0.4) is 0 Å². The summed E-state index contributed by atoms with van der Waals surface area (Å²) in [5, 5.41) is 0. The maximum absolute atomic E-state index is 11.9. The molecule has 0 heterocycles. The van der Waals surface area contributed by atoms with Gasteiger partial charge in [-0.3, -0.25) is 4.79 Å². The van der Waals surface area contributed by atoms with Crippen molar-refractivity contribution in [3.05, 3.63) is 29.8 Å². The highest BCUT2D eigenvalue weighted by molar-refractivity contribution is 8.00. The van der Waals surface area contributed by atoms with Gasteiger partial charge in [-0.15, -0.1) is 11.8 Å². The topological polar surface area (TPSA) is 17.1 Å². The number of benzene rings is 1. The Morgan fingerprint density at radius 3 is 2.81 bits per heavy atom. The van der Waals surface area contributed by atoms with E-state index in [1.54, 1.807) is 11.8 Å². The van der Waals surface area contributed by atoms with Crippen LogP contribution in [0, 0.1) is 12.8 Å². The SMILES string of the molecule is Cc1cccc(SCC(=O)C2CCCC2)c1. The quantitative estimate of drug-likeness (QED) is 0.736. The molecule has 1 aliphatic rings. The fourth-order valence-corrected chi connectivity index (χ4v) is 3.21. The Labute approximate surface area is 102 Å². The highest BCUT2D eigenvalue weighted by Gasteiger charge is 2.22. The van der Waals surface area contributed by atoms with Crippen molar-refractivity contribution in [2.24, 2.45) is 5.92 Å². The number of aryl methyl sites for hydroxylation is 1. The van der Waals surface area contributed by atoms with Gasteiger partial charge in [0.15, 0.2) is 0 Å². The molecule has 0 aliphatic heterocycles. The van der Waals surface area contributed by atoms with Crippen molar-refractivity contribution in [1.29, 1.82) is 0 Å².